The highest BCUT2D eigenvalue weighted by molar-refractivity contribution is 7.98. The van der Waals surface area contributed by atoms with Gasteiger partial charge in [-0.25, -0.2) is 4.98 Å². The average Bonchev–Trinajstić information content (AvgIpc) is 2.76. The van der Waals surface area contributed by atoms with Crippen molar-refractivity contribution >= 4 is 11.8 Å². The van der Waals surface area contributed by atoms with Crippen LogP contribution in [0.15, 0.2) is 33.9 Å². The Hall–Kier alpha value is -1.36. The minimum atomic E-state index is 0.303. The average molecular weight is 235 g/mol. The molecule has 0 unspecified atom stereocenters. The van der Waals surface area contributed by atoms with Crippen molar-refractivity contribution in [2.45, 2.75) is 30.5 Å². The Balaban J connectivity index is 1.95. The molecule has 2 heterocycles. The first kappa shape index (κ1) is 11.1. The smallest absolute Gasteiger partial charge is 0.237 e. The standard InChI is InChI=1S/C11H13N3OS/c1-8(2)11-13-9(15-14-11)7-16-10-5-3-4-6-12-10/h3-6,8H,7H2,1-2H3. The van der Waals surface area contributed by atoms with Gasteiger partial charge in [-0.15, -0.1) is 0 Å². The molecule has 16 heavy (non-hydrogen) atoms. The molecule has 0 saturated heterocycles. The maximum Gasteiger partial charge on any atom is 0.237 e. The molecule has 2 aromatic rings. The lowest BCUT2D eigenvalue weighted by Crippen LogP contribution is -1.90. The normalized spacial score (nSPS) is 10.9. The van der Waals surface area contributed by atoms with Gasteiger partial charge >= 0.3 is 0 Å². The molecule has 0 N–H and O–H groups in total. The molecule has 0 atom stereocenters. The molecule has 2 rings (SSSR count). The highest BCUT2D eigenvalue weighted by Crippen LogP contribution is 2.20. The Morgan fingerprint density at radius 1 is 1.38 bits per heavy atom. The summed E-state index contributed by atoms with van der Waals surface area (Å²) in [5, 5.41) is 4.87. The molecule has 0 amide bonds. The Morgan fingerprint density at radius 3 is 2.88 bits per heavy atom. The van der Waals surface area contributed by atoms with Gasteiger partial charge in [0, 0.05) is 12.1 Å². The van der Waals surface area contributed by atoms with Gasteiger partial charge < -0.3 is 4.52 Å². The predicted molar refractivity (Wildman–Crippen MR) is 62.2 cm³/mol. The monoisotopic (exact) mass is 235 g/mol. The first-order valence-corrected chi connectivity index (χ1v) is 6.10. The summed E-state index contributed by atoms with van der Waals surface area (Å²) in [4.78, 5) is 8.51. The zero-order valence-electron chi connectivity index (χ0n) is 9.25. The molecule has 0 bridgehead atoms. The maximum absolute atomic E-state index is 5.14. The summed E-state index contributed by atoms with van der Waals surface area (Å²) >= 11 is 1.59. The van der Waals surface area contributed by atoms with Crippen LogP contribution in [0.2, 0.25) is 0 Å². The SMILES string of the molecule is CC(C)c1noc(CSc2ccccn2)n1. The van der Waals surface area contributed by atoms with Gasteiger partial charge in [-0.1, -0.05) is 36.8 Å². The lowest BCUT2D eigenvalue weighted by molar-refractivity contribution is 0.383. The lowest BCUT2D eigenvalue weighted by atomic mass is 10.2. The number of hydrogen-bond donors (Lipinski definition) is 0. The van der Waals surface area contributed by atoms with Crippen LogP contribution in [0, 0.1) is 0 Å². The topological polar surface area (TPSA) is 51.8 Å². The van der Waals surface area contributed by atoms with Crippen LogP contribution in [-0.2, 0) is 5.75 Å². The van der Waals surface area contributed by atoms with E-state index in [9.17, 15) is 0 Å². The van der Waals surface area contributed by atoms with E-state index in [0.29, 0.717) is 17.6 Å². The summed E-state index contributed by atoms with van der Waals surface area (Å²) in [7, 11) is 0. The third-order valence-electron chi connectivity index (χ3n) is 1.98. The highest BCUT2D eigenvalue weighted by atomic mass is 32.2. The van der Waals surface area contributed by atoms with E-state index in [2.05, 4.69) is 15.1 Å². The van der Waals surface area contributed by atoms with Gasteiger partial charge in [0.1, 0.15) is 0 Å². The van der Waals surface area contributed by atoms with Crippen LogP contribution < -0.4 is 0 Å². The van der Waals surface area contributed by atoms with Gasteiger partial charge in [0.25, 0.3) is 0 Å². The van der Waals surface area contributed by atoms with Crippen LogP contribution in [0.3, 0.4) is 0 Å². The van der Waals surface area contributed by atoms with Crippen LogP contribution in [0.4, 0.5) is 0 Å². The third-order valence-corrected chi connectivity index (χ3v) is 2.91. The Bertz CT molecular complexity index is 442. The molecule has 0 aromatic carbocycles. The molecule has 0 radical (unpaired) electrons. The molecule has 0 aliphatic rings. The summed E-state index contributed by atoms with van der Waals surface area (Å²) in [6.07, 6.45) is 1.77. The summed E-state index contributed by atoms with van der Waals surface area (Å²) in [6.45, 7) is 4.08. The van der Waals surface area contributed by atoms with Crippen molar-refractivity contribution in [2.75, 3.05) is 0 Å². The molecule has 0 aliphatic heterocycles. The molecule has 5 heteroatoms. The van der Waals surface area contributed by atoms with E-state index < -0.39 is 0 Å². The molecule has 2 aromatic heterocycles. The molecule has 0 aliphatic carbocycles. The van der Waals surface area contributed by atoms with Crippen LogP contribution in [0.1, 0.15) is 31.5 Å². The third kappa shape index (κ3) is 2.82. The first-order valence-electron chi connectivity index (χ1n) is 5.12. The van der Waals surface area contributed by atoms with Crippen molar-refractivity contribution in [3.8, 4) is 0 Å². The Morgan fingerprint density at radius 2 is 2.25 bits per heavy atom. The Kier molecular flexibility index (Phi) is 3.56. The summed E-state index contributed by atoms with van der Waals surface area (Å²) in [5.41, 5.74) is 0. The fourth-order valence-electron chi connectivity index (χ4n) is 1.13. The van der Waals surface area contributed by atoms with Crippen molar-refractivity contribution in [1.82, 2.24) is 15.1 Å². The van der Waals surface area contributed by atoms with Gasteiger partial charge in [-0.3, -0.25) is 0 Å². The summed E-state index contributed by atoms with van der Waals surface area (Å²) < 4.78 is 5.14. The van der Waals surface area contributed by atoms with Crippen LogP contribution in [0.25, 0.3) is 0 Å². The van der Waals surface area contributed by atoms with Crippen LogP contribution in [-0.4, -0.2) is 15.1 Å². The molecule has 0 spiro atoms. The number of nitrogens with zero attached hydrogens (tertiary/aromatic N) is 3. The second-order valence-corrected chi connectivity index (χ2v) is 4.65. The molecule has 0 fully saturated rings. The lowest BCUT2D eigenvalue weighted by Gasteiger charge is -1.95. The van der Waals surface area contributed by atoms with Crippen molar-refractivity contribution < 1.29 is 4.52 Å². The summed E-state index contributed by atoms with van der Waals surface area (Å²) in [6, 6.07) is 5.82. The zero-order chi connectivity index (χ0) is 11.4. The molecule has 84 valence electrons. The van der Waals surface area contributed by atoms with Crippen molar-refractivity contribution in [2.24, 2.45) is 0 Å². The van der Waals surface area contributed by atoms with E-state index in [4.69, 9.17) is 4.52 Å². The maximum atomic E-state index is 5.14. The van der Waals surface area contributed by atoms with E-state index in [1.165, 1.54) is 0 Å². The number of thioether (sulfide) groups is 1. The van der Waals surface area contributed by atoms with Crippen molar-refractivity contribution in [1.29, 1.82) is 0 Å². The van der Waals surface area contributed by atoms with E-state index in [1.54, 1.807) is 18.0 Å². The number of pyridine rings is 1. The number of hydrogen-bond acceptors (Lipinski definition) is 5. The van der Waals surface area contributed by atoms with Gasteiger partial charge in [-0.05, 0) is 12.1 Å². The number of aromatic nitrogens is 3. The Labute approximate surface area is 98.5 Å². The quantitative estimate of drug-likeness (QED) is 0.763. The highest BCUT2D eigenvalue weighted by Gasteiger charge is 2.09. The summed E-state index contributed by atoms with van der Waals surface area (Å²) in [5.74, 6) is 2.38. The molecule has 4 nitrogen and oxygen atoms in total. The zero-order valence-corrected chi connectivity index (χ0v) is 10.1. The molecular weight excluding hydrogens is 222 g/mol. The molecule has 0 saturated carbocycles. The van der Waals surface area contributed by atoms with Gasteiger partial charge in [-0.2, -0.15) is 4.98 Å². The second kappa shape index (κ2) is 5.12. The minimum Gasteiger partial charge on any atom is -0.338 e. The van der Waals surface area contributed by atoms with Gasteiger partial charge in [0.05, 0.1) is 10.8 Å². The minimum absolute atomic E-state index is 0.303. The van der Waals surface area contributed by atoms with E-state index in [1.807, 2.05) is 32.0 Å². The van der Waals surface area contributed by atoms with Crippen LogP contribution in [0.5, 0.6) is 0 Å². The van der Waals surface area contributed by atoms with Crippen molar-refractivity contribution in [3.63, 3.8) is 0 Å². The molecular formula is C11H13N3OS. The largest absolute Gasteiger partial charge is 0.338 e. The van der Waals surface area contributed by atoms with Gasteiger partial charge in [0.15, 0.2) is 5.82 Å². The number of rotatable bonds is 4. The van der Waals surface area contributed by atoms with E-state index >= 15 is 0 Å². The predicted octanol–water partition coefficient (Wildman–Crippen LogP) is 2.88. The van der Waals surface area contributed by atoms with E-state index in [0.717, 1.165) is 10.9 Å². The van der Waals surface area contributed by atoms with E-state index in [-0.39, 0.29) is 0 Å². The fourth-order valence-corrected chi connectivity index (χ4v) is 1.83. The first-order chi connectivity index (χ1) is 7.75. The fraction of sp³-hybridized carbons (Fsp3) is 0.364. The van der Waals surface area contributed by atoms with Gasteiger partial charge in [0.2, 0.25) is 5.89 Å². The second-order valence-electron chi connectivity index (χ2n) is 3.66. The van der Waals surface area contributed by atoms with Crippen LogP contribution >= 0.6 is 11.8 Å². The van der Waals surface area contributed by atoms with Crippen molar-refractivity contribution in [3.05, 3.63) is 36.1 Å².